The predicted octanol–water partition coefficient (Wildman–Crippen LogP) is 8.15. The number of ether oxygens (including phenoxy) is 2. The van der Waals surface area contributed by atoms with Gasteiger partial charge in [-0.1, -0.05) is 96.1 Å². The molecular formula is C35H62O6. The molecule has 0 radical (unpaired) electrons. The molecular weight excluding hydrogens is 516 g/mol. The van der Waals surface area contributed by atoms with Crippen molar-refractivity contribution in [2.45, 2.75) is 192 Å². The largest absolute Gasteiger partial charge is 0.462 e. The minimum absolute atomic E-state index is 0.00917. The number of ketones is 1. The Balaban J connectivity index is 1.40. The van der Waals surface area contributed by atoms with Crippen molar-refractivity contribution in [1.29, 1.82) is 0 Å². The fourth-order valence-electron chi connectivity index (χ4n) is 6.37. The molecule has 0 amide bonds. The van der Waals surface area contributed by atoms with Crippen LogP contribution in [0, 0.1) is 5.92 Å². The first-order chi connectivity index (χ1) is 19.9. The average molecular weight is 579 g/mol. The molecule has 0 aromatic rings. The normalized spacial score (nSPS) is 24.2. The van der Waals surface area contributed by atoms with E-state index in [2.05, 4.69) is 19.1 Å². The van der Waals surface area contributed by atoms with Crippen LogP contribution in [0.15, 0.2) is 12.2 Å². The van der Waals surface area contributed by atoms with Gasteiger partial charge in [0.05, 0.1) is 30.3 Å². The molecule has 2 aliphatic rings. The lowest BCUT2D eigenvalue weighted by atomic mass is 9.97. The highest BCUT2D eigenvalue weighted by molar-refractivity contribution is 5.83. The van der Waals surface area contributed by atoms with Gasteiger partial charge in [-0.2, -0.15) is 0 Å². The molecule has 2 aliphatic heterocycles. The topological polar surface area (TPSA) is 93.1 Å². The molecule has 6 nitrogen and oxygen atoms in total. The highest BCUT2D eigenvalue weighted by Crippen LogP contribution is 2.29. The number of cyclic esters (lactones) is 1. The SMILES string of the molecule is CCCCCCCCCCCCC(O)C1CCC(C(O)CC/C=C\CCCCCCC2CC(CC(C)=O)C(=O)O2)O1. The number of hydrogen-bond acceptors (Lipinski definition) is 6. The van der Waals surface area contributed by atoms with Crippen molar-refractivity contribution in [2.24, 2.45) is 5.92 Å². The summed E-state index contributed by atoms with van der Waals surface area (Å²) in [4.78, 5) is 23.1. The summed E-state index contributed by atoms with van der Waals surface area (Å²) in [6.07, 6.45) is 27.7. The van der Waals surface area contributed by atoms with Crippen LogP contribution >= 0.6 is 0 Å². The van der Waals surface area contributed by atoms with Crippen LogP contribution in [0.3, 0.4) is 0 Å². The number of unbranched alkanes of at least 4 members (excludes halogenated alkanes) is 13. The lowest BCUT2D eigenvalue weighted by Gasteiger charge is -2.22. The number of carbonyl (C=O) groups excluding carboxylic acids is 2. The van der Waals surface area contributed by atoms with E-state index in [1.165, 1.54) is 64.7 Å². The van der Waals surface area contributed by atoms with Crippen LogP contribution in [0.4, 0.5) is 0 Å². The number of hydrogen-bond donors (Lipinski definition) is 2. The summed E-state index contributed by atoms with van der Waals surface area (Å²) in [7, 11) is 0. The van der Waals surface area contributed by atoms with Gasteiger partial charge in [-0.05, 0) is 71.1 Å². The van der Waals surface area contributed by atoms with E-state index in [0.717, 1.165) is 70.6 Å². The maximum atomic E-state index is 11.8. The van der Waals surface area contributed by atoms with E-state index < -0.39 is 12.2 Å². The second kappa shape index (κ2) is 22.3. The molecule has 0 aromatic carbocycles. The molecule has 2 N–H and O–H groups in total. The lowest BCUT2D eigenvalue weighted by molar-refractivity contribution is -0.145. The molecule has 2 fully saturated rings. The van der Waals surface area contributed by atoms with Gasteiger partial charge in [-0.25, -0.2) is 0 Å². The van der Waals surface area contributed by atoms with E-state index in [0.29, 0.717) is 19.3 Å². The number of aliphatic hydroxyl groups excluding tert-OH is 2. The molecule has 6 atom stereocenters. The summed E-state index contributed by atoms with van der Waals surface area (Å²) in [5.74, 6) is -0.369. The zero-order valence-electron chi connectivity index (χ0n) is 26.4. The Morgan fingerprint density at radius 2 is 1.37 bits per heavy atom. The van der Waals surface area contributed by atoms with Crippen molar-refractivity contribution < 1.29 is 29.3 Å². The number of esters is 1. The Hall–Kier alpha value is -1.24. The number of rotatable bonds is 25. The van der Waals surface area contributed by atoms with Gasteiger partial charge in [0.1, 0.15) is 11.9 Å². The zero-order chi connectivity index (χ0) is 29.7. The van der Waals surface area contributed by atoms with E-state index >= 15 is 0 Å². The van der Waals surface area contributed by atoms with E-state index in [4.69, 9.17) is 9.47 Å². The zero-order valence-corrected chi connectivity index (χ0v) is 26.4. The van der Waals surface area contributed by atoms with Gasteiger partial charge in [-0.3, -0.25) is 4.79 Å². The molecule has 0 bridgehead atoms. The highest BCUT2D eigenvalue weighted by Gasteiger charge is 2.35. The van der Waals surface area contributed by atoms with Crippen molar-refractivity contribution >= 4 is 11.8 Å². The van der Waals surface area contributed by atoms with Crippen LogP contribution in [0.25, 0.3) is 0 Å². The van der Waals surface area contributed by atoms with Crippen molar-refractivity contribution in [2.75, 3.05) is 0 Å². The van der Waals surface area contributed by atoms with Crippen molar-refractivity contribution in [3.8, 4) is 0 Å². The van der Waals surface area contributed by atoms with Crippen molar-refractivity contribution in [1.82, 2.24) is 0 Å². The molecule has 6 heteroatoms. The molecule has 238 valence electrons. The van der Waals surface area contributed by atoms with Crippen LogP contribution in [0.2, 0.25) is 0 Å². The first kappa shape index (κ1) is 36.0. The first-order valence-corrected chi connectivity index (χ1v) is 17.3. The second-order valence-electron chi connectivity index (χ2n) is 12.8. The van der Waals surface area contributed by atoms with E-state index in [9.17, 15) is 19.8 Å². The number of carbonyl (C=O) groups is 2. The Labute approximate surface area is 251 Å². The van der Waals surface area contributed by atoms with Gasteiger partial charge >= 0.3 is 5.97 Å². The van der Waals surface area contributed by atoms with Crippen molar-refractivity contribution in [3.63, 3.8) is 0 Å². The van der Waals surface area contributed by atoms with E-state index in [-0.39, 0.29) is 36.0 Å². The Morgan fingerprint density at radius 3 is 2.02 bits per heavy atom. The summed E-state index contributed by atoms with van der Waals surface area (Å²) in [6.45, 7) is 3.79. The molecule has 2 heterocycles. The average Bonchev–Trinajstić information content (AvgIpc) is 3.57. The van der Waals surface area contributed by atoms with E-state index in [1.54, 1.807) is 0 Å². The molecule has 41 heavy (non-hydrogen) atoms. The maximum Gasteiger partial charge on any atom is 0.309 e. The molecule has 0 saturated carbocycles. The second-order valence-corrected chi connectivity index (χ2v) is 12.8. The Morgan fingerprint density at radius 1 is 0.805 bits per heavy atom. The van der Waals surface area contributed by atoms with Crippen molar-refractivity contribution in [3.05, 3.63) is 12.2 Å². The molecule has 0 spiro atoms. The molecule has 6 unspecified atom stereocenters. The summed E-state index contributed by atoms with van der Waals surface area (Å²) < 4.78 is 11.5. The number of aliphatic hydroxyl groups is 2. The summed E-state index contributed by atoms with van der Waals surface area (Å²) in [6, 6.07) is 0. The van der Waals surface area contributed by atoms with Crippen LogP contribution in [0.5, 0.6) is 0 Å². The minimum atomic E-state index is -0.464. The van der Waals surface area contributed by atoms with Crippen LogP contribution in [-0.2, 0) is 19.1 Å². The van der Waals surface area contributed by atoms with Gasteiger partial charge in [0.15, 0.2) is 0 Å². The fourth-order valence-corrected chi connectivity index (χ4v) is 6.37. The monoisotopic (exact) mass is 578 g/mol. The smallest absolute Gasteiger partial charge is 0.309 e. The van der Waals surface area contributed by atoms with E-state index in [1.807, 2.05) is 0 Å². The number of allylic oxidation sites excluding steroid dienone is 2. The Kier molecular flexibility index (Phi) is 19.6. The Bertz CT molecular complexity index is 721. The molecule has 0 aliphatic carbocycles. The van der Waals surface area contributed by atoms with Crippen LogP contribution in [0.1, 0.15) is 162 Å². The third-order valence-electron chi connectivity index (χ3n) is 8.94. The third-order valence-corrected chi connectivity index (χ3v) is 8.94. The molecule has 2 saturated heterocycles. The van der Waals surface area contributed by atoms with Gasteiger partial charge in [0.25, 0.3) is 0 Å². The van der Waals surface area contributed by atoms with Gasteiger partial charge in [0, 0.05) is 6.42 Å². The molecule has 2 rings (SSSR count). The van der Waals surface area contributed by atoms with Crippen LogP contribution in [-0.4, -0.2) is 52.5 Å². The third kappa shape index (κ3) is 16.3. The van der Waals surface area contributed by atoms with Crippen LogP contribution < -0.4 is 0 Å². The molecule has 0 aromatic heterocycles. The lowest BCUT2D eigenvalue weighted by Crippen LogP contribution is -2.30. The number of Topliss-reactive ketones (excluding diaryl/α,β-unsaturated/α-hetero) is 1. The van der Waals surface area contributed by atoms with Gasteiger partial charge in [-0.15, -0.1) is 0 Å². The summed E-state index contributed by atoms with van der Waals surface area (Å²) in [5, 5.41) is 21.2. The quantitative estimate of drug-likeness (QED) is 0.0645. The maximum absolute atomic E-state index is 11.8. The summed E-state index contributed by atoms with van der Waals surface area (Å²) in [5.41, 5.74) is 0. The van der Waals surface area contributed by atoms with Gasteiger partial charge < -0.3 is 24.5 Å². The predicted molar refractivity (Wildman–Crippen MR) is 166 cm³/mol. The fraction of sp³-hybridized carbons (Fsp3) is 0.886. The summed E-state index contributed by atoms with van der Waals surface area (Å²) >= 11 is 0. The highest BCUT2D eigenvalue weighted by atomic mass is 16.6. The minimum Gasteiger partial charge on any atom is -0.462 e. The van der Waals surface area contributed by atoms with Gasteiger partial charge in [0.2, 0.25) is 0 Å². The first-order valence-electron chi connectivity index (χ1n) is 17.3. The standard InChI is InChI=1S/C35H62O6/c1-3-4-5-6-7-8-9-13-16-19-22-31(37)33-24-25-34(41-33)32(38)23-20-17-14-11-10-12-15-18-21-30-27-29(26-28(2)36)35(39)40-30/h14,17,29-34,37-38H,3-13,15-16,18-27H2,1-2H3/b17-14-.